The summed E-state index contributed by atoms with van der Waals surface area (Å²) in [6.45, 7) is 7.68. The summed E-state index contributed by atoms with van der Waals surface area (Å²) in [5.74, 6) is -0.753. The Morgan fingerprint density at radius 3 is 2.11 bits per heavy atom. The van der Waals surface area contributed by atoms with Gasteiger partial charge in [0.1, 0.15) is 6.61 Å². The van der Waals surface area contributed by atoms with Crippen LogP contribution >= 0.6 is 0 Å². The highest BCUT2D eigenvalue weighted by Crippen LogP contribution is 2.34. The van der Waals surface area contributed by atoms with E-state index in [-0.39, 0.29) is 42.7 Å². The molecule has 1 aliphatic heterocycles. The SMILES string of the molecule is C=CCN=C1O/C(=C/c2ccc(N(c3ccccc3)c3ccccc3)cc2)C(=O)N1CCOC(=O)C(C)C. The number of carbonyl (C=O) groups is 2. The summed E-state index contributed by atoms with van der Waals surface area (Å²) < 4.78 is 11.0. The lowest BCUT2D eigenvalue weighted by Crippen LogP contribution is -2.34. The summed E-state index contributed by atoms with van der Waals surface area (Å²) in [6, 6.07) is 28.3. The molecule has 0 N–H and O–H groups in total. The molecule has 0 saturated carbocycles. The number of amidine groups is 1. The first-order valence-electron chi connectivity index (χ1n) is 12.5. The molecule has 3 aromatic carbocycles. The molecular weight excluding hydrogens is 478 g/mol. The molecule has 0 aliphatic carbocycles. The van der Waals surface area contributed by atoms with Gasteiger partial charge < -0.3 is 14.4 Å². The van der Waals surface area contributed by atoms with Gasteiger partial charge in [-0.25, -0.2) is 4.99 Å². The number of nitrogens with zero attached hydrogens (tertiary/aromatic N) is 3. The van der Waals surface area contributed by atoms with Crippen LogP contribution in [0.1, 0.15) is 19.4 Å². The molecular formula is C31H31N3O4. The zero-order chi connectivity index (χ0) is 26.9. The second kappa shape index (κ2) is 12.5. The highest BCUT2D eigenvalue weighted by Gasteiger charge is 2.34. The first-order valence-corrected chi connectivity index (χ1v) is 12.5. The Balaban J connectivity index is 1.55. The van der Waals surface area contributed by atoms with Gasteiger partial charge in [-0.1, -0.05) is 68.5 Å². The molecule has 3 aromatic rings. The second-order valence-corrected chi connectivity index (χ2v) is 8.90. The third-order valence-electron chi connectivity index (χ3n) is 5.75. The number of carbonyl (C=O) groups excluding carboxylic acids is 2. The maximum absolute atomic E-state index is 13.1. The fourth-order valence-electron chi connectivity index (χ4n) is 3.84. The van der Waals surface area contributed by atoms with Crippen molar-refractivity contribution < 1.29 is 19.1 Å². The molecule has 0 atom stereocenters. The monoisotopic (exact) mass is 509 g/mol. The number of aliphatic imine (C=N–C) groups is 1. The molecule has 0 aromatic heterocycles. The molecule has 1 fully saturated rings. The zero-order valence-corrected chi connectivity index (χ0v) is 21.6. The molecule has 1 aliphatic rings. The molecule has 1 saturated heterocycles. The van der Waals surface area contributed by atoms with Gasteiger partial charge in [-0.3, -0.25) is 14.5 Å². The molecule has 7 nitrogen and oxygen atoms in total. The number of ether oxygens (including phenoxy) is 2. The maximum Gasteiger partial charge on any atom is 0.308 e. The first-order chi connectivity index (χ1) is 18.5. The van der Waals surface area contributed by atoms with Crippen molar-refractivity contribution in [2.45, 2.75) is 13.8 Å². The summed E-state index contributed by atoms with van der Waals surface area (Å²) in [6.07, 6.45) is 3.30. The molecule has 0 spiro atoms. The van der Waals surface area contributed by atoms with E-state index >= 15 is 0 Å². The average Bonchev–Trinajstić information content (AvgIpc) is 3.23. The lowest BCUT2D eigenvalue weighted by Gasteiger charge is -2.25. The summed E-state index contributed by atoms with van der Waals surface area (Å²) in [7, 11) is 0. The van der Waals surface area contributed by atoms with E-state index in [1.54, 1.807) is 26.0 Å². The molecule has 38 heavy (non-hydrogen) atoms. The van der Waals surface area contributed by atoms with Crippen molar-refractivity contribution in [2.24, 2.45) is 10.9 Å². The average molecular weight is 510 g/mol. The van der Waals surface area contributed by atoms with Crippen molar-refractivity contribution in [3.8, 4) is 0 Å². The lowest BCUT2D eigenvalue weighted by atomic mass is 10.1. The van der Waals surface area contributed by atoms with Crippen LogP contribution in [0.25, 0.3) is 6.08 Å². The highest BCUT2D eigenvalue weighted by atomic mass is 16.5. The summed E-state index contributed by atoms with van der Waals surface area (Å²) in [4.78, 5) is 32.8. The van der Waals surface area contributed by atoms with E-state index in [0.29, 0.717) is 6.54 Å². The Hall–Kier alpha value is -4.65. The molecule has 4 rings (SSSR count). The van der Waals surface area contributed by atoms with Crippen LogP contribution in [0.15, 0.2) is 108 Å². The van der Waals surface area contributed by atoms with Crippen molar-refractivity contribution in [1.82, 2.24) is 4.90 Å². The number of benzene rings is 3. The van der Waals surface area contributed by atoms with E-state index in [2.05, 4.69) is 40.7 Å². The van der Waals surface area contributed by atoms with Crippen molar-refractivity contribution in [1.29, 1.82) is 0 Å². The Kier molecular flexibility index (Phi) is 8.72. The molecule has 0 bridgehead atoms. The predicted molar refractivity (Wildman–Crippen MR) is 150 cm³/mol. The minimum absolute atomic E-state index is 0.0516. The van der Waals surface area contributed by atoms with Gasteiger partial charge in [0.2, 0.25) is 0 Å². The van der Waals surface area contributed by atoms with Crippen molar-refractivity contribution in [3.63, 3.8) is 0 Å². The predicted octanol–water partition coefficient (Wildman–Crippen LogP) is 6.10. The Labute approximate surface area is 223 Å². The van der Waals surface area contributed by atoms with E-state index in [9.17, 15) is 9.59 Å². The minimum Gasteiger partial charge on any atom is -0.464 e. The van der Waals surface area contributed by atoms with Gasteiger partial charge in [-0.15, -0.1) is 6.58 Å². The van der Waals surface area contributed by atoms with Crippen molar-refractivity contribution >= 4 is 41.0 Å². The smallest absolute Gasteiger partial charge is 0.308 e. The fourth-order valence-corrected chi connectivity index (χ4v) is 3.84. The number of para-hydroxylation sites is 2. The van der Waals surface area contributed by atoms with Crippen LogP contribution in [-0.2, 0) is 19.1 Å². The lowest BCUT2D eigenvalue weighted by molar-refractivity contribution is -0.148. The Morgan fingerprint density at radius 1 is 0.974 bits per heavy atom. The van der Waals surface area contributed by atoms with Crippen LogP contribution in [0.3, 0.4) is 0 Å². The molecule has 0 unspecified atom stereocenters. The van der Waals surface area contributed by atoms with Crippen LogP contribution in [-0.4, -0.2) is 42.5 Å². The number of rotatable bonds is 10. The minimum atomic E-state index is -0.340. The number of amides is 1. The molecule has 1 amide bonds. The maximum atomic E-state index is 13.1. The van der Waals surface area contributed by atoms with Gasteiger partial charge in [0.15, 0.2) is 5.76 Å². The summed E-state index contributed by atoms with van der Waals surface area (Å²) >= 11 is 0. The van der Waals surface area contributed by atoms with Gasteiger partial charge in [-0.2, -0.15) is 0 Å². The van der Waals surface area contributed by atoms with E-state index in [4.69, 9.17) is 9.47 Å². The van der Waals surface area contributed by atoms with E-state index in [0.717, 1.165) is 22.6 Å². The quantitative estimate of drug-likeness (QED) is 0.188. The van der Waals surface area contributed by atoms with Crippen molar-refractivity contribution in [3.05, 3.63) is 109 Å². The van der Waals surface area contributed by atoms with E-state index < -0.39 is 0 Å². The number of anilines is 3. The number of esters is 1. The summed E-state index contributed by atoms with van der Waals surface area (Å²) in [5, 5.41) is 0. The van der Waals surface area contributed by atoms with Gasteiger partial charge in [-0.05, 0) is 48.0 Å². The number of hydrogen-bond acceptors (Lipinski definition) is 6. The topological polar surface area (TPSA) is 71.4 Å². The third kappa shape index (κ3) is 6.37. The van der Waals surface area contributed by atoms with Crippen LogP contribution in [0.5, 0.6) is 0 Å². The molecule has 1 heterocycles. The van der Waals surface area contributed by atoms with E-state index in [1.807, 2.05) is 60.7 Å². The standard InChI is InChI=1S/C31H31N3O4/c1-4-19-32-31-33(20-21-37-30(36)23(2)3)29(35)28(38-31)22-24-15-17-27(18-16-24)34(25-11-7-5-8-12-25)26-13-9-6-10-14-26/h4-18,22-23H,1,19-21H2,2-3H3/b28-22+,32-31?. The van der Waals surface area contributed by atoms with Crippen molar-refractivity contribution in [2.75, 3.05) is 24.6 Å². The zero-order valence-electron chi connectivity index (χ0n) is 21.6. The third-order valence-corrected chi connectivity index (χ3v) is 5.75. The van der Waals surface area contributed by atoms with E-state index in [1.165, 1.54) is 4.90 Å². The van der Waals surface area contributed by atoms with Gasteiger partial charge in [0.25, 0.3) is 5.91 Å². The largest absolute Gasteiger partial charge is 0.464 e. The van der Waals surface area contributed by atoms with Crippen LogP contribution in [0.4, 0.5) is 17.1 Å². The van der Waals surface area contributed by atoms with Crippen LogP contribution < -0.4 is 4.90 Å². The number of hydrogen-bond donors (Lipinski definition) is 0. The van der Waals surface area contributed by atoms with Crippen LogP contribution in [0, 0.1) is 5.92 Å². The summed E-state index contributed by atoms with van der Waals surface area (Å²) in [5.41, 5.74) is 3.85. The van der Waals surface area contributed by atoms with Gasteiger partial charge in [0.05, 0.1) is 19.0 Å². The molecule has 7 heteroatoms. The Morgan fingerprint density at radius 2 is 1.55 bits per heavy atom. The van der Waals surface area contributed by atoms with Crippen LogP contribution in [0.2, 0.25) is 0 Å². The fraction of sp³-hybridized carbons (Fsp3) is 0.194. The van der Waals surface area contributed by atoms with Gasteiger partial charge in [0, 0.05) is 17.1 Å². The highest BCUT2D eigenvalue weighted by molar-refractivity contribution is 6.11. The normalized spacial score (nSPS) is 15.1. The molecule has 194 valence electrons. The second-order valence-electron chi connectivity index (χ2n) is 8.90. The molecule has 0 radical (unpaired) electrons. The van der Waals surface area contributed by atoms with Gasteiger partial charge >= 0.3 is 12.0 Å². The first kappa shape index (κ1) is 26.4. The Bertz CT molecular complexity index is 1280.